The molecular weight excluding hydrogens is 395 g/mol. The number of hydrogen-bond donors (Lipinski definition) is 3. The maximum Gasteiger partial charge on any atom is 0.126 e. The number of aromatic nitrogens is 2. The van der Waals surface area contributed by atoms with E-state index < -0.39 is 0 Å². The third kappa shape index (κ3) is 3.85. The predicted molar refractivity (Wildman–Crippen MR) is 115 cm³/mol. The Bertz CT molecular complexity index is 988. The van der Waals surface area contributed by atoms with E-state index in [0.717, 1.165) is 48.0 Å². The van der Waals surface area contributed by atoms with E-state index in [4.69, 9.17) is 23.2 Å². The fraction of sp³-hybridized carbons (Fsp3) is 0.381. The molecule has 7 heteroatoms. The van der Waals surface area contributed by atoms with Gasteiger partial charge in [0.05, 0.1) is 23.4 Å². The van der Waals surface area contributed by atoms with Gasteiger partial charge in [-0.2, -0.15) is 0 Å². The highest BCUT2D eigenvalue weighted by Crippen LogP contribution is 2.30. The van der Waals surface area contributed by atoms with Crippen LogP contribution in [0.4, 0.5) is 5.82 Å². The molecule has 0 saturated heterocycles. The number of benzene rings is 1. The molecule has 3 heterocycles. The van der Waals surface area contributed by atoms with Crippen molar-refractivity contribution in [3.05, 3.63) is 57.3 Å². The number of halogens is 2. The van der Waals surface area contributed by atoms with E-state index in [1.54, 1.807) is 0 Å². The maximum atomic E-state index is 9.97. The Hall–Kier alpha value is -1.79. The number of aliphatic hydroxyl groups is 1. The highest BCUT2D eigenvalue weighted by Gasteiger charge is 2.25. The average Bonchev–Trinajstić information content (AvgIpc) is 3.06. The second-order valence-corrected chi connectivity index (χ2v) is 8.03. The standard InChI is InChI=1S/C21H24Cl2N4O/c1-2-18-17(23)4-6-21(26-18)24-10-14(12-28)27-8-7-15-16-9-13(22)3-5-19(16)25-20(15)11-27/h3-6,9,14,25,28H,2,7-8,10-12H2,1H3,(H,24,26). The van der Waals surface area contributed by atoms with Gasteiger partial charge in [0.1, 0.15) is 5.82 Å². The molecule has 148 valence electrons. The molecule has 0 bridgehead atoms. The van der Waals surface area contributed by atoms with Gasteiger partial charge < -0.3 is 15.4 Å². The number of nitrogens with one attached hydrogen (secondary N) is 2. The van der Waals surface area contributed by atoms with Gasteiger partial charge in [-0.25, -0.2) is 4.98 Å². The van der Waals surface area contributed by atoms with Crippen LogP contribution in [0.5, 0.6) is 0 Å². The third-order valence-electron chi connectivity index (χ3n) is 5.47. The lowest BCUT2D eigenvalue weighted by Gasteiger charge is -2.33. The fourth-order valence-electron chi connectivity index (χ4n) is 3.91. The van der Waals surface area contributed by atoms with Gasteiger partial charge in [0.2, 0.25) is 0 Å². The van der Waals surface area contributed by atoms with Crippen LogP contribution in [0.3, 0.4) is 0 Å². The fourth-order valence-corrected chi connectivity index (χ4v) is 4.32. The number of aryl methyl sites for hydroxylation is 1. The normalized spacial score (nSPS) is 15.6. The van der Waals surface area contributed by atoms with E-state index in [0.29, 0.717) is 11.6 Å². The lowest BCUT2D eigenvalue weighted by Crippen LogP contribution is -2.45. The Morgan fingerprint density at radius 3 is 2.93 bits per heavy atom. The second-order valence-electron chi connectivity index (χ2n) is 7.19. The topological polar surface area (TPSA) is 64.2 Å². The van der Waals surface area contributed by atoms with Crippen LogP contribution in [0.15, 0.2) is 30.3 Å². The van der Waals surface area contributed by atoms with Crippen molar-refractivity contribution in [2.45, 2.75) is 32.4 Å². The first kappa shape index (κ1) is 19.5. The quantitative estimate of drug-likeness (QED) is 0.559. The zero-order valence-corrected chi connectivity index (χ0v) is 17.3. The molecule has 0 spiro atoms. The van der Waals surface area contributed by atoms with E-state index in [2.05, 4.69) is 20.2 Å². The van der Waals surface area contributed by atoms with Gasteiger partial charge in [-0.05, 0) is 48.7 Å². The minimum Gasteiger partial charge on any atom is -0.395 e. The maximum absolute atomic E-state index is 9.97. The molecule has 1 aliphatic heterocycles. The Morgan fingerprint density at radius 2 is 2.14 bits per heavy atom. The number of nitrogens with zero attached hydrogens (tertiary/aromatic N) is 2. The first-order valence-electron chi connectivity index (χ1n) is 9.62. The number of fused-ring (bicyclic) bond motifs is 3. The van der Waals surface area contributed by atoms with Crippen LogP contribution in [-0.4, -0.2) is 45.7 Å². The Labute approximate surface area is 174 Å². The molecule has 1 atom stereocenters. The minimum atomic E-state index is 0.00528. The molecule has 0 amide bonds. The number of aliphatic hydroxyl groups excluding tert-OH is 1. The molecule has 28 heavy (non-hydrogen) atoms. The Balaban J connectivity index is 1.47. The van der Waals surface area contributed by atoms with Gasteiger partial charge in [-0.3, -0.25) is 4.90 Å². The van der Waals surface area contributed by atoms with Crippen LogP contribution in [-0.2, 0) is 19.4 Å². The van der Waals surface area contributed by atoms with E-state index in [1.807, 2.05) is 37.3 Å². The molecule has 0 fully saturated rings. The average molecular weight is 419 g/mol. The van der Waals surface area contributed by atoms with E-state index in [-0.39, 0.29) is 12.6 Å². The summed E-state index contributed by atoms with van der Waals surface area (Å²) in [5.74, 6) is 0.789. The number of anilines is 1. The van der Waals surface area contributed by atoms with Gasteiger partial charge in [-0.1, -0.05) is 30.1 Å². The molecule has 2 aromatic heterocycles. The molecule has 1 unspecified atom stereocenters. The lowest BCUT2D eigenvalue weighted by atomic mass is 10.0. The first-order valence-corrected chi connectivity index (χ1v) is 10.4. The molecule has 3 N–H and O–H groups in total. The molecule has 5 nitrogen and oxygen atoms in total. The van der Waals surface area contributed by atoms with Gasteiger partial charge in [0, 0.05) is 41.3 Å². The monoisotopic (exact) mass is 418 g/mol. The second kappa shape index (κ2) is 8.29. The number of rotatable bonds is 6. The number of H-pyrrole nitrogens is 1. The summed E-state index contributed by atoms with van der Waals surface area (Å²) in [5.41, 5.74) is 4.55. The van der Waals surface area contributed by atoms with Crippen LogP contribution in [0, 0.1) is 0 Å². The van der Waals surface area contributed by atoms with E-state index >= 15 is 0 Å². The third-order valence-corrected chi connectivity index (χ3v) is 6.05. The highest BCUT2D eigenvalue weighted by molar-refractivity contribution is 6.31. The van der Waals surface area contributed by atoms with Crippen molar-refractivity contribution < 1.29 is 5.11 Å². The SMILES string of the molecule is CCc1nc(NCC(CO)N2CCc3c([nH]c4ccc(Cl)cc34)C2)ccc1Cl. The van der Waals surface area contributed by atoms with E-state index in [9.17, 15) is 5.11 Å². The summed E-state index contributed by atoms with van der Waals surface area (Å²) in [6, 6.07) is 9.73. The number of pyridine rings is 1. The van der Waals surface area contributed by atoms with Crippen LogP contribution in [0.25, 0.3) is 10.9 Å². The Kier molecular flexibility index (Phi) is 5.78. The van der Waals surface area contributed by atoms with Crippen LogP contribution >= 0.6 is 23.2 Å². The summed E-state index contributed by atoms with van der Waals surface area (Å²) in [6.07, 6.45) is 1.72. The Morgan fingerprint density at radius 1 is 1.29 bits per heavy atom. The van der Waals surface area contributed by atoms with Crippen LogP contribution in [0.2, 0.25) is 10.0 Å². The number of aromatic amines is 1. The van der Waals surface area contributed by atoms with Crippen LogP contribution < -0.4 is 5.32 Å². The van der Waals surface area contributed by atoms with Crippen molar-refractivity contribution in [3.63, 3.8) is 0 Å². The molecule has 0 radical (unpaired) electrons. The zero-order valence-electron chi connectivity index (χ0n) is 15.8. The molecule has 0 aliphatic carbocycles. The molecule has 0 saturated carbocycles. The summed E-state index contributed by atoms with van der Waals surface area (Å²) in [5, 5.41) is 16.0. The summed E-state index contributed by atoms with van der Waals surface area (Å²) < 4.78 is 0. The van der Waals surface area contributed by atoms with E-state index in [1.165, 1.54) is 16.6 Å². The van der Waals surface area contributed by atoms with Gasteiger partial charge >= 0.3 is 0 Å². The van der Waals surface area contributed by atoms with Crippen molar-refractivity contribution in [1.82, 2.24) is 14.9 Å². The van der Waals surface area contributed by atoms with Gasteiger partial charge in [0.15, 0.2) is 0 Å². The summed E-state index contributed by atoms with van der Waals surface area (Å²) >= 11 is 12.3. The van der Waals surface area contributed by atoms with Gasteiger partial charge in [-0.15, -0.1) is 0 Å². The smallest absolute Gasteiger partial charge is 0.126 e. The molecule has 1 aliphatic rings. The molecule has 3 aromatic rings. The molecule has 1 aromatic carbocycles. The van der Waals surface area contributed by atoms with Crippen molar-refractivity contribution in [3.8, 4) is 0 Å². The molecular formula is C21H24Cl2N4O. The van der Waals surface area contributed by atoms with Crippen molar-refractivity contribution in [2.24, 2.45) is 0 Å². The van der Waals surface area contributed by atoms with Gasteiger partial charge in [0.25, 0.3) is 0 Å². The first-order chi connectivity index (χ1) is 13.6. The van der Waals surface area contributed by atoms with Crippen molar-refractivity contribution in [1.29, 1.82) is 0 Å². The van der Waals surface area contributed by atoms with Crippen molar-refractivity contribution in [2.75, 3.05) is 25.0 Å². The largest absolute Gasteiger partial charge is 0.395 e. The summed E-state index contributed by atoms with van der Waals surface area (Å²) in [4.78, 5) is 10.4. The summed E-state index contributed by atoms with van der Waals surface area (Å²) in [7, 11) is 0. The van der Waals surface area contributed by atoms with Crippen molar-refractivity contribution >= 4 is 39.9 Å². The zero-order chi connectivity index (χ0) is 19.7. The van der Waals surface area contributed by atoms with Crippen LogP contribution in [0.1, 0.15) is 23.9 Å². The lowest BCUT2D eigenvalue weighted by molar-refractivity contribution is 0.118. The summed E-state index contributed by atoms with van der Waals surface area (Å²) in [6.45, 7) is 4.42. The predicted octanol–water partition coefficient (Wildman–Crippen LogP) is 4.26. The highest BCUT2D eigenvalue weighted by atomic mass is 35.5. The minimum absolute atomic E-state index is 0.00528. The number of hydrogen-bond acceptors (Lipinski definition) is 4. The molecule has 4 rings (SSSR count).